The number of hydrogen-bond acceptors (Lipinski definition) is 3. The third kappa shape index (κ3) is 4.28. The van der Waals surface area contributed by atoms with Gasteiger partial charge < -0.3 is 4.74 Å². The third-order valence-electron chi connectivity index (χ3n) is 0.804. The monoisotopic (exact) mass is 158 g/mol. The second-order valence-corrected chi connectivity index (χ2v) is 2.49. The van der Waals surface area contributed by atoms with Crippen molar-refractivity contribution in [3.8, 4) is 11.8 Å². The molecule has 0 radical (unpaired) electrons. The predicted octanol–water partition coefficient (Wildman–Crippen LogP) is 0.871. The van der Waals surface area contributed by atoms with E-state index in [-0.39, 0.29) is 17.8 Å². The topological polar surface area (TPSA) is 26.3 Å². The van der Waals surface area contributed by atoms with Crippen LogP contribution in [0.4, 0.5) is 0 Å². The van der Waals surface area contributed by atoms with Gasteiger partial charge in [-0.15, -0.1) is 5.92 Å². The lowest BCUT2D eigenvalue weighted by Crippen LogP contribution is -2.14. The van der Waals surface area contributed by atoms with E-state index in [2.05, 4.69) is 29.2 Å². The third-order valence-corrected chi connectivity index (χ3v) is 1.02. The Labute approximate surface area is 66.4 Å². The van der Waals surface area contributed by atoms with E-state index in [0.29, 0.717) is 0 Å². The Hall–Kier alpha value is -0.620. The molecule has 56 valence electrons. The first kappa shape index (κ1) is 9.38. The fourth-order valence-electron chi connectivity index (χ4n) is 0.300. The summed E-state index contributed by atoms with van der Waals surface area (Å²) in [6.07, 6.45) is 0. The minimum atomic E-state index is -0.362. The molecule has 0 aromatic carbocycles. The minimum Gasteiger partial charge on any atom is -0.452 e. The number of esters is 1. The second kappa shape index (κ2) is 5.19. The Balaban J connectivity index is 3.47. The van der Waals surface area contributed by atoms with Crippen molar-refractivity contribution >= 4 is 18.6 Å². The second-order valence-electron chi connectivity index (χ2n) is 1.71. The molecule has 0 aliphatic carbocycles. The van der Waals surface area contributed by atoms with Crippen LogP contribution in [-0.2, 0) is 9.53 Å². The van der Waals surface area contributed by atoms with Crippen molar-refractivity contribution in [2.75, 3.05) is 6.61 Å². The zero-order chi connectivity index (χ0) is 7.98. The molecule has 0 rings (SSSR count). The van der Waals surface area contributed by atoms with E-state index in [4.69, 9.17) is 0 Å². The molecule has 0 aromatic rings. The van der Waals surface area contributed by atoms with Gasteiger partial charge in [0, 0.05) is 0 Å². The normalized spacial score (nSPS) is 11.1. The molecule has 0 bridgehead atoms. The molecule has 10 heavy (non-hydrogen) atoms. The molecule has 0 heterocycles. The van der Waals surface area contributed by atoms with E-state index in [0.717, 1.165) is 0 Å². The lowest BCUT2D eigenvalue weighted by molar-refractivity contribution is -0.141. The van der Waals surface area contributed by atoms with Crippen LogP contribution in [0.3, 0.4) is 0 Å². The predicted molar refractivity (Wildman–Crippen MR) is 42.9 cm³/mol. The highest BCUT2D eigenvalue weighted by Crippen LogP contribution is 1.94. The molecule has 0 spiro atoms. The molecule has 0 saturated carbocycles. The van der Waals surface area contributed by atoms with E-state index >= 15 is 0 Å². The highest BCUT2D eigenvalue weighted by atomic mass is 32.1. The van der Waals surface area contributed by atoms with Crippen LogP contribution in [0.15, 0.2) is 0 Å². The van der Waals surface area contributed by atoms with Crippen LogP contribution in [0.1, 0.15) is 13.8 Å². The molecule has 2 nitrogen and oxygen atoms in total. The molecule has 0 fully saturated rings. The zero-order valence-electron chi connectivity index (χ0n) is 6.05. The summed E-state index contributed by atoms with van der Waals surface area (Å²) in [5, 5.41) is -0.362. The Morgan fingerprint density at radius 2 is 2.40 bits per heavy atom. The van der Waals surface area contributed by atoms with E-state index < -0.39 is 0 Å². The summed E-state index contributed by atoms with van der Waals surface area (Å²) in [4.78, 5) is 10.7. The van der Waals surface area contributed by atoms with Crippen LogP contribution in [0.25, 0.3) is 0 Å². The van der Waals surface area contributed by atoms with Gasteiger partial charge in [0.05, 0.1) is 5.25 Å². The maximum absolute atomic E-state index is 10.7. The SMILES string of the molecule is CC#CCOC(=O)C(C)S. The first-order chi connectivity index (χ1) is 4.68. The molecule has 0 amide bonds. The van der Waals surface area contributed by atoms with Gasteiger partial charge >= 0.3 is 5.97 Å². The Morgan fingerprint density at radius 1 is 1.80 bits per heavy atom. The molecule has 0 aliphatic heterocycles. The molecule has 0 saturated heterocycles. The van der Waals surface area contributed by atoms with Gasteiger partial charge in [-0.05, 0) is 13.8 Å². The fourth-order valence-corrected chi connectivity index (χ4v) is 0.375. The van der Waals surface area contributed by atoms with Crippen LogP contribution in [-0.4, -0.2) is 17.8 Å². The molecule has 0 N–H and O–H groups in total. The van der Waals surface area contributed by atoms with E-state index in [1.165, 1.54) is 0 Å². The summed E-state index contributed by atoms with van der Waals surface area (Å²) >= 11 is 3.87. The van der Waals surface area contributed by atoms with Crippen molar-refractivity contribution in [2.24, 2.45) is 0 Å². The molecule has 0 aromatic heterocycles. The van der Waals surface area contributed by atoms with E-state index in [1.54, 1.807) is 13.8 Å². The minimum absolute atomic E-state index is 0.167. The summed E-state index contributed by atoms with van der Waals surface area (Å²) in [6.45, 7) is 3.52. The van der Waals surface area contributed by atoms with Crippen LogP contribution < -0.4 is 0 Å². The molecule has 1 unspecified atom stereocenters. The van der Waals surface area contributed by atoms with Crippen molar-refractivity contribution < 1.29 is 9.53 Å². The van der Waals surface area contributed by atoms with Gasteiger partial charge in [0.2, 0.25) is 0 Å². The summed E-state index contributed by atoms with van der Waals surface area (Å²) in [7, 11) is 0. The van der Waals surface area contributed by atoms with Crippen molar-refractivity contribution in [2.45, 2.75) is 19.1 Å². The maximum Gasteiger partial charge on any atom is 0.319 e. The van der Waals surface area contributed by atoms with Gasteiger partial charge in [-0.1, -0.05) is 5.92 Å². The Morgan fingerprint density at radius 3 is 2.80 bits per heavy atom. The zero-order valence-corrected chi connectivity index (χ0v) is 6.94. The first-order valence-electron chi connectivity index (χ1n) is 2.92. The number of carbonyl (C=O) groups is 1. The van der Waals surface area contributed by atoms with Gasteiger partial charge in [-0.3, -0.25) is 4.79 Å². The molecular formula is C7H10O2S. The van der Waals surface area contributed by atoms with Crippen molar-refractivity contribution in [1.82, 2.24) is 0 Å². The van der Waals surface area contributed by atoms with E-state index in [1.807, 2.05) is 0 Å². The molecule has 0 aliphatic rings. The van der Waals surface area contributed by atoms with Crippen LogP contribution >= 0.6 is 12.6 Å². The number of hydrogen-bond donors (Lipinski definition) is 1. The summed E-state index contributed by atoms with van der Waals surface area (Å²) in [5.41, 5.74) is 0. The average Bonchev–Trinajstić information content (AvgIpc) is 1.88. The number of ether oxygens (including phenoxy) is 1. The molecular weight excluding hydrogens is 148 g/mol. The molecule has 1 atom stereocenters. The summed E-state index contributed by atoms with van der Waals surface area (Å²) < 4.78 is 4.65. The van der Waals surface area contributed by atoms with Crippen molar-refractivity contribution in [3.05, 3.63) is 0 Å². The lowest BCUT2D eigenvalue weighted by atomic mass is 10.5. The van der Waals surface area contributed by atoms with Gasteiger partial charge in [0.15, 0.2) is 6.61 Å². The Kier molecular flexibility index (Phi) is 4.87. The van der Waals surface area contributed by atoms with Crippen LogP contribution in [0.2, 0.25) is 0 Å². The fraction of sp³-hybridized carbons (Fsp3) is 0.571. The largest absolute Gasteiger partial charge is 0.452 e. The highest BCUT2D eigenvalue weighted by molar-refractivity contribution is 7.81. The standard InChI is InChI=1S/C7H10O2S/c1-3-4-5-9-7(8)6(2)10/h6,10H,5H2,1-2H3. The van der Waals surface area contributed by atoms with Gasteiger partial charge in [0.25, 0.3) is 0 Å². The number of thiol groups is 1. The van der Waals surface area contributed by atoms with Gasteiger partial charge in [0.1, 0.15) is 0 Å². The van der Waals surface area contributed by atoms with Crippen LogP contribution in [0, 0.1) is 11.8 Å². The van der Waals surface area contributed by atoms with Crippen molar-refractivity contribution in [3.63, 3.8) is 0 Å². The maximum atomic E-state index is 10.7. The van der Waals surface area contributed by atoms with Gasteiger partial charge in [-0.2, -0.15) is 12.6 Å². The lowest BCUT2D eigenvalue weighted by Gasteiger charge is -2.01. The Bertz CT molecular complexity index is 164. The average molecular weight is 158 g/mol. The highest BCUT2D eigenvalue weighted by Gasteiger charge is 2.06. The number of carbonyl (C=O) groups excluding carboxylic acids is 1. The van der Waals surface area contributed by atoms with Crippen LogP contribution in [0.5, 0.6) is 0 Å². The van der Waals surface area contributed by atoms with E-state index in [9.17, 15) is 4.79 Å². The van der Waals surface area contributed by atoms with Gasteiger partial charge in [-0.25, -0.2) is 0 Å². The molecule has 3 heteroatoms. The van der Waals surface area contributed by atoms with Crippen molar-refractivity contribution in [1.29, 1.82) is 0 Å². The smallest absolute Gasteiger partial charge is 0.319 e. The summed E-state index contributed by atoms with van der Waals surface area (Å²) in [5.74, 6) is 4.89. The summed E-state index contributed by atoms with van der Waals surface area (Å²) in [6, 6.07) is 0. The first-order valence-corrected chi connectivity index (χ1v) is 3.44. The number of rotatable bonds is 2. The quantitative estimate of drug-likeness (QED) is 0.366.